The van der Waals surface area contributed by atoms with Gasteiger partial charge in [-0.2, -0.15) is 0 Å². The molecule has 0 saturated heterocycles. The van der Waals surface area contributed by atoms with Crippen LogP contribution >= 0.6 is 0 Å². The van der Waals surface area contributed by atoms with E-state index in [1.807, 2.05) is 70.2 Å². The first-order valence-electron chi connectivity index (χ1n) is 11.1. The molecule has 172 valence electrons. The van der Waals surface area contributed by atoms with Gasteiger partial charge in [0.25, 0.3) is 10.0 Å². The summed E-state index contributed by atoms with van der Waals surface area (Å²) in [6, 6.07) is 13.6. The molecule has 0 bridgehead atoms. The molecule has 3 aromatic carbocycles. The van der Waals surface area contributed by atoms with Crippen LogP contribution in [0.15, 0.2) is 52.9 Å². The normalized spacial score (nSPS) is 14.1. The molecular weight excluding hydrogens is 434 g/mol. The van der Waals surface area contributed by atoms with Crippen molar-refractivity contribution in [3.05, 3.63) is 75.9 Å². The average molecular weight is 464 g/mol. The first kappa shape index (κ1) is 23.1. The number of allylic oxidation sites excluding steroid dienone is 1. The zero-order valence-corrected chi connectivity index (χ0v) is 20.5. The second-order valence-electron chi connectivity index (χ2n) is 8.74. The van der Waals surface area contributed by atoms with Crippen molar-refractivity contribution in [2.45, 2.75) is 51.9 Å². The summed E-state index contributed by atoms with van der Waals surface area (Å²) >= 11 is 0. The third-order valence-corrected chi connectivity index (χ3v) is 8.31. The number of nitrogens with one attached hydrogen (secondary N) is 1. The Morgan fingerprint density at radius 2 is 1.61 bits per heavy atom. The fourth-order valence-electron chi connectivity index (χ4n) is 4.76. The number of carbonyl (C=O) groups excluding carboxylic acids is 1. The predicted molar refractivity (Wildman–Crippen MR) is 133 cm³/mol. The fraction of sp³-hybridized carbons (Fsp3) is 0.296. The Kier molecular flexibility index (Phi) is 6.06. The van der Waals surface area contributed by atoms with E-state index < -0.39 is 10.0 Å². The van der Waals surface area contributed by atoms with Gasteiger partial charge in [0.2, 0.25) is 0 Å². The van der Waals surface area contributed by atoms with E-state index in [0.717, 1.165) is 57.0 Å². The standard InChI is InChI=1S/C27H29NO4S/c1-16-13-17(2)19(4)26(18(16)3)33(30,31)28-25-15-21(14-20-9-6-7-10-23(20)25)22-11-8-12-24(22)27(29)32-5/h6-7,9-10,13-15,28H,8,11-12H2,1-5H3. The molecule has 0 aliphatic heterocycles. The van der Waals surface area contributed by atoms with Crippen LogP contribution in [0.1, 0.15) is 47.1 Å². The molecule has 0 spiro atoms. The highest BCUT2D eigenvalue weighted by Crippen LogP contribution is 2.39. The lowest BCUT2D eigenvalue weighted by Gasteiger charge is -2.18. The maximum absolute atomic E-state index is 13.6. The van der Waals surface area contributed by atoms with Crippen LogP contribution < -0.4 is 4.72 Å². The zero-order chi connectivity index (χ0) is 23.9. The minimum absolute atomic E-state index is 0.320. The lowest BCUT2D eigenvalue weighted by molar-refractivity contribution is -0.136. The van der Waals surface area contributed by atoms with Gasteiger partial charge in [-0.3, -0.25) is 4.72 Å². The van der Waals surface area contributed by atoms with E-state index in [9.17, 15) is 13.2 Å². The number of rotatable bonds is 5. The number of anilines is 1. The van der Waals surface area contributed by atoms with Gasteiger partial charge in [0.05, 0.1) is 17.7 Å². The monoisotopic (exact) mass is 463 g/mol. The third-order valence-electron chi connectivity index (χ3n) is 6.67. The molecule has 0 saturated carbocycles. The topological polar surface area (TPSA) is 72.5 Å². The van der Waals surface area contributed by atoms with Crippen molar-refractivity contribution in [1.29, 1.82) is 0 Å². The summed E-state index contributed by atoms with van der Waals surface area (Å²) in [5.41, 5.74) is 6.32. The summed E-state index contributed by atoms with van der Waals surface area (Å²) in [5, 5.41) is 1.72. The Bertz CT molecular complexity index is 1390. The number of hydrogen-bond donors (Lipinski definition) is 1. The zero-order valence-electron chi connectivity index (χ0n) is 19.7. The molecule has 4 rings (SSSR count). The van der Waals surface area contributed by atoms with E-state index in [1.54, 1.807) is 0 Å². The molecule has 6 heteroatoms. The molecule has 0 atom stereocenters. The number of ether oxygens (including phenoxy) is 1. The van der Waals surface area contributed by atoms with Gasteiger partial charge in [-0.1, -0.05) is 30.3 Å². The summed E-state index contributed by atoms with van der Waals surface area (Å²) < 4.78 is 35.1. The van der Waals surface area contributed by atoms with Crippen LogP contribution in [0.2, 0.25) is 0 Å². The van der Waals surface area contributed by atoms with Crippen molar-refractivity contribution in [3.63, 3.8) is 0 Å². The molecular formula is C27H29NO4S. The van der Waals surface area contributed by atoms with Crippen molar-refractivity contribution in [2.75, 3.05) is 11.8 Å². The summed E-state index contributed by atoms with van der Waals surface area (Å²) in [7, 11) is -2.46. The molecule has 0 unspecified atom stereocenters. The van der Waals surface area contributed by atoms with Gasteiger partial charge in [0.1, 0.15) is 0 Å². The first-order valence-corrected chi connectivity index (χ1v) is 12.6. The average Bonchev–Trinajstić information content (AvgIpc) is 3.27. The highest BCUT2D eigenvalue weighted by molar-refractivity contribution is 7.92. The molecule has 0 amide bonds. The molecule has 1 N–H and O–H groups in total. The van der Waals surface area contributed by atoms with E-state index >= 15 is 0 Å². The molecule has 0 aromatic heterocycles. The summed E-state index contributed by atoms with van der Waals surface area (Å²) in [6.07, 6.45) is 2.29. The highest BCUT2D eigenvalue weighted by atomic mass is 32.2. The van der Waals surface area contributed by atoms with E-state index in [2.05, 4.69) is 4.72 Å². The Labute approximate surface area is 195 Å². The van der Waals surface area contributed by atoms with E-state index in [0.29, 0.717) is 22.6 Å². The first-order chi connectivity index (χ1) is 15.6. The van der Waals surface area contributed by atoms with Gasteiger partial charge in [-0.05, 0) is 97.9 Å². The van der Waals surface area contributed by atoms with Gasteiger partial charge >= 0.3 is 5.97 Å². The number of esters is 1. The fourth-order valence-corrected chi connectivity index (χ4v) is 6.45. The third kappa shape index (κ3) is 4.15. The SMILES string of the molecule is COC(=O)C1=C(c2cc(NS(=O)(=O)c3c(C)c(C)cc(C)c3C)c3ccccc3c2)CCC1. The minimum atomic E-state index is -3.84. The van der Waals surface area contributed by atoms with Crippen molar-refractivity contribution in [1.82, 2.24) is 0 Å². The highest BCUT2D eigenvalue weighted by Gasteiger charge is 2.26. The van der Waals surface area contributed by atoms with Gasteiger partial charge in [0.15, 0.2) is 0 Å². The van der Waals surface area contributed by atoms with E-state index in [-0.39, 0.29) is 5.97 Å². The Morgan fingerprint density at radius 3 is 2.27 bits per heavy atom. The Hall–Kier alpha value is -3.12. The minimum Gasteiger partial charge on any atom is -0.466 e. The molecule has 0 fully saturated rings. The van der Waals surface area contributed by atoms with Crippen LogP contribution in [0, 0.1) is 27.7 Å². The number of fused-ring (bicyclic) bond motifs is 1. The van der Waals surface area contributed by atoms with E-state index in [1.165, 1.54) is 7.11 Å². The molecule has 5 nitrogen and oxygen atoms in total. The molecule has 1 aliphatic carbocycles. The van der Waals surface area contributed by atoms with Crippen LogP contribution in [0.3, 0.4) is 0 Å². The summed E-state index contributed by atoms with van der Waals surface area (Å²) in [4.78, 5) is 12.6. The van der Waals surface area contributed by atoms with Crippen molar-refractivity contribution < 1.29 is 17.9 Å². The van der Waals surface area contributed by atoms with Crippen molar-refractivity contribution in [2.24, 2.45) is 0 Å². The molecule has 0 heterocycles. The van der Waals surface area contributed by atoms with Crippen molar-refractivity contribution >= 4 is 38.0 Å². The summed E-state index contributed by atoms with van der Waals surface area (Å²) in [5.74, 6) is -0.320. The second kappa shape index (κ2) is 8.67. The van der Waals surface area contributed by atoms with Crippen LogP contribution in [0.25, 0.3) is 16.3 Å². The molecule has 3 aromatic rings. The van der Waals surface area contributed by atoms with Crippen LogP contribution in [0.5, 0.6) is 0 Å². The molecule has 1 aliphatic rings. The van der Waals surface area contributed by atoms with Crippen LogP contribution in [-0.4, -0.2) is 21.5 Å². The Balaban J connectivity index is 1.90. The number of methoxy groups -OCH3 is 1. The number of aryl methyl sites for hydroxylation is 2. The largest absolute Gasteiger partial charge is 0.466 e. The summed E-state index contributed by atoms with van der Waals surface area (Å²) in [6.45, 7) is 7.54. The lowest BCUT2D eigenvalue weighted by atomic mass is 9.97. The maximum Gasteiger partial charge on any atom is 0.334 e. The van der Waals surface area contributed by atoms with E-state index in [4.69, 9.17) is 4.74 Å². The predicted octanol–water partition coefficient (Wildman–Crippen LogP) is 5.98. The quantitative estimate of drug-likeness (QED) is 0.472. The lowest BCUT2D eigenvalue weighted by Crippen LogP contribution is -2.17. The maximum atomic E-state index is 13.6. The van der Waals surface area contributed by atoms with Crippen LogP contribution in [0.4, 0.5) is 5.69 Å². The smallest absolute Gasteiger partial charge is 0.334 e. The molecule has 33 heavy (non-hydrogen) atoms. The number of benzene rings is 3. The van der Waals surface area contributed by atoms with Gasteiger partial charge in [-0.15, -0.1) is 0 Å². The number of carbonyl (C=O) groups is 1. The van der Waals surface area contributed by atoms with Gasteiger partial charge < -0.3 is 4.74 Å². The van der Waals surface area contributed by atoms with Gasteiger partial charge in [0, 0.05) is 11.0 Å². The van der Waals surface area contributed by atoms with Crippen LogP contribution in [-0.2, 0) is 19.6 Å². The Morgan fingerprint density at radius 1 is 0.939 bits per heavy atom. The number of hydrogen-bond acceptors (Lipinski definition) is 4. The van der Waals surface area contributed by atoms with Gasteiger partial charge in [-0.25, -0.2) is 13.2 Å². The number of sulfonamides is 1. The van der Waals surface area contributed by atoms with Crippen molar-refractivity contribution in [3.8, 4) is 0 Å². The molecule has 0 radical (unpaired) electrons. The second-order valence-corrected chi connectivity index (χ2v) is 10.4.